The second-order valence-corrected chi connectivity index (χ2v) is 9.02. The lowest BCUT2D eigenvalue weighted by molar-refractivity contribution is -0.141. The van der Waals surface area contributed by atoms with Crippen LogP contribution in [-0.2, 0) is 9.59 Å². The first-order valence-electron chi connectivity index (χ1n) is 10.7. The van der Waals surface area contributed by atoms with E-state index in [0.717, 1.165) is 25.9 Å². The summed E-state index contributed by atoms with van der Waals surface area (Å²) in [5.41, 5.74) is -0.655. The van der Waals surface area contributed by atoms with Gasteiger partial charge in [0.15, 0.2) is 0 Å². The number of amides is 4. The summed E-state index contributed by atoms with van der Waals surface area (Å²) in [6.45, 7) is 6.61. The number of fused-ring (bicyclic) bond motifs is 1. The Labute approximate surface area is 176 Å². The van der Waals surface area contributed by atoms with E-state index in [1.807, 2.05) is 18.7 Å². The van der Waals surface area contributed by atoms with Crippen molar-refractivity contribution in [1.82, 2.24) is 14.7 Å². The molecule has 1 aromatic carbocycles. The van der Waals surface area contributed by atoms with Gasteiger partial charge in [-0.1, -0.05) is 26.0 Å². The molecule has 1 aromatic rings. The van der Waals surface area contributed by atoms with Crippen molar-refractivity contribution in [3.63, 3.8) is 0 Å². The van der Waals surface area contributed by atoms with E-state index in [2.05, 4.69) is 5.32 Å². The van der Waals surface area contributed by atoms with Crippen molar-refractivity contribution in [2.24, 2.45) is 17.3 Å². The molecule has 0 spiro atoms. The third kappa shape index (κ3) is 3.52. The van der Waals surface area contributed by atoms with Crippen molar-refractivity contribution in [2.75, 3.05) is 44.6 Å². The molecule has 7 nitrogen and oxygen atoms in total. The van der Waals surface area contributed by atoms with Crippen molar-refractivity contribution in [3.05, 3.63) is 30.1 Å². The standard InChI is InChI=1S/C22H29FN4O3/c1-15(2)19(28)26-11-16-12-27(21(30)24-18-8-4-3-7-17(18)23)14-22(16,13-26)20(29)25-9-5-6-10-25/h3-4,7-8,15-16H,5-6,9-14H2,1-2H3,(H,24,30)/t16-,22-/m0/s1. The summed E-state index contributed by atoms with van der Waals surface area (Å²) in [4.78, 5) is 44.3. The third-order valence-corrected chi connectivity index (χ3v) is 6.64. The van der Waals surface area contributed by atoms with E-state index in [-0.39, 0.29) is 35.9 Å². The molecule has 0 radical (unpaired) electrons. The smallest absolute Gasteiger partial charge is 0.321 e. The van der Waals surface area contributed by atoms with Gasteiger partial charge in [-0.15, -0.1) is 0 Å². The Morgan fingerprint density at radius 1 is 1.03 bits per heavy atom. The van der Waals surface area contributed by atoms with Crippen LogP contribution in [0.15, 0.2) is 24.3 Å². The first-order valence-corrected chi connectivity index (χ1v) is 10.7. The number of nitrogens with zero attached hydrogens (tertiary/aromatic N) is 3. The van der Waals surface area contributed by atoms with Crippen LogP contribution in [0.1, 0.15) is 26.7 Å². The molecule has 2 atom stereocenters. The Bertz CT molecular complexity index is 855. The van der Waals surface area contributed by atoms with Gasteiger partial charge in [-0.05, 0) is 25.0 Å². The molecule has 8 heteroatoms. The number of halogens is 1. The summed E-state index contributed by atoms with van der Waals surface area (Å²) < 4.78 is 14.0. The molecule has 4 amide bonds. The molecule has 3 heterocycles. The van der Waals surface area contributed by atoms with Crippen LogP contribution < -0.4 is 5.32 Å². The van der Waals surface area contributed by atoms with Gasteiger partial charge in [0.2, 0.25) is 11.8 Å². The minimum Gasteiger partial charge on any atom is -0.342 e. The minimum atomic E-state index is -0.776. The summed E-state index contributed by atoms with van der Waals surface area (Å²) in [6, 6.07) is 5.62. The van der Waals surface area contributed by atoms with Gasteiger partial charge in [0.05, 0.1) is 11.1 Å². The number of para-hydroxylation sites is 1. The van der Waals surface area contributed by atoms with Crippen LogP contribution in [0.25, 0.3) is 0 Å². The van der Waals surface area contributed by atoms with E-state index in [1.165, 1.54) is 12.1 Å². The number of nitrogens with one attached hydrogen (secondary N) is 1. The maximum atomic E-state index is 14.0. The highest BCUT2D eigenvalue weighted by molar-refractivity contribution is 5.92. The number of carbonyl (C=O) groups is 3. The molecule has 0 bridgehead atoms. The summed E-state index contributed by atoms with van der Waals surface area (Å²) in [5.74, 6) is -0.657. The molecular weight excluding hydrogens is 387 g/mol. The Morgan fingerprint density at radius 3 is 2.33 bits per heavy atom. The van der Waals surface area contributed by atoms with Gasteiger partial charge in [0.1, 0.15) is 5.82 Å². The fraction of sp³-hybridized carbons (Fsp3) is 0.591. The zero-order valence-electron chi connectivity index (χ0n) is 17.6. The van der Waals surface area contributed by atoms with Gasteiger partial charge in [-0.2, -0.15) is 0 Å². The lowest BCUT2D eigenvalue weighted by Gasteiger charge is -2.32. The first kappa shape index (κ1) is 20.6. The predicted octanol–water partition coefficient (Wildman–Crippen LogP) is 2.40. The van der Waals surface area contributed by atoms with E-state index >= 15 is 0 Å². The van der Waals surface area contributed by atoms with Gasteiger partial charge in [-0.25, -0.2) is 9.18 Å². The lowest BCUT2D eigenvalue weighted by Crippen LogP contribution is -2.50. The van der Waals surface area contributed by atoms with E-state index < -0.39 is 17.3 Å². The number of hydrogen-bond acceptors (Lipinski definition) is 3. The van der Waals surface area contributed by atoms with Gasteiger partial charge >= 0.3 is 6.03 Å². The van der Waals surface area contributed by atoms with E-state index in [1.54, 1.807) is 21.9 Å². The Balaban J connectivity index is 1.55. The number of carbonyl (C=O) groups excluding carboxylic acids is 3. The van der Waals surface area contributed by atoms with Crippen molar-refractivity contribution >= 4 is 23.5 Å². The summed E-state index contributed by atoms with van der Waals surface area (Å²) in [6.07, 6.45) is 1.97. The van der Waals surface area contributed by atoms with Crippen molar-refractivity contribution in [1.29, 1.82) is 0 Å². The average Bonchev–Trinajstić information content (AvgIpc) is 3.43. The Morgan fingerprint density at radius 2 is 1.67 bits per heavy atom. The molecule has 4 rings (SSSR count). The number of likely N-dealkylation sites (tertiary alicyclic amines) is 3. The summed E-state index contributed by atoms with van der Waals surface area (Å²) >= 11 is 0. The highest BCUT2D eigenvalue weighted by Crippen LogP contribution is 2.45. The third-order valence-electron chi connectivity index (χ3n) is 6.64. The number of hydrogen-bond donors (Lipinski definition) is 1. The second kappa shape index (κ2) is 7.89. The molecule has 3 aliphatic heterocycles. The van der Waals surface area contributed by atoms with E-state index in [4.69, 9.17) is 0 Å². The van der Waals surface area contributed by atoms with Crippen LogP contribution in [0.4, 0.5) is 14.9 Å². The monoisotopic (exact) mass is 416 g/mol. The van der Waals surface area contributed by atoms with E-state index in [9.17, 15) is 18.8 Å². The molecule has 0 aromatic heterocycles. The normalized spacial score (nSPS) is 25.7. The van der Waals surface area contributed by atoms with Gasteiger partial charge in [0.25, 0.3) is 0 Å². The van der Waals surface area contributed by atoms with Crippen molar-refractivity contribution in [3.8, 4) is 0 Å². The van der Waals surface area contributed by atoms with Crippen LogP contribution in [0.2, 0.25) is 0 Å². The highest BCUT2D eigenvalue weighted by Gasteiger charge is 2.60. The molecule has 3 aliphatic rings. The summed E-state index contributed by atoms with van der Waals surface area (Å²) in [7, 11) is 0. The SMILES string of the molecule is CC(C)C(=O)N1C[C@H]2CN(C(=O)Nc3ccccc3F)C[C@@]2(C(=O)N2CCCC2)C1. The van der Waals surface area contributed by atoms with Gasteiger partial charge in [0, 0.05) is 51.1 Å². The van der Waals surface area contributed by atoms with Crippen LogP contribution >= 0.6 is 0 Å². The topological polar surface area (TPSA) is 73.0 Å². The Kier molecular flexibility index (Phi) is 5.42. The van der Waals surface area contributed by atoms with Crippen molar-refractivity contribution < 1.29 is 18.8 Å². The van der Waals surface area contributed by atoms with E-state index in [0.29, 0.717) is 19.6 Å². The predicted molar refractivity (Wildman–Crippen MR) is 110 cm³/mol. The molecule has 0 unspecified atom stereocenters. The molecular formula is C22H29FN4O3. The Hall–Kier alpha value is -2.64. The molecule has 30 heavy (non-hydrogen) atoms. The number of urea groups is 1. The maximum Gasteiger partial charge on any atom is 0.321 e. The molecule has 0 aliphatic carbocycles. The highest BCUT2D eigenvalue weighted by atomic mass is 19.1. The minimum absolute atomic E-state index is 0.0420. The lowest BCUT2D eigenvalue weighted by atomic mass is 9.79. The molecule has 162 valence electrons. The zero-order chi connectivity index (χ0) is 21.5. The first-order chi connectivity index (χ1) is 14.3. The fourth-order valence-electron chi connectivity index (χ4n) is 5.05. The average molecular weight is 416 g/mol. The van der Waals surface area contributed by atoms with Gasteiger partial charge in [-0.3, -0.25) is 9.59 Å². The molecule has 1 N–H and O–H groups in total. The number of rotatable bonds is 3. The van der Waals surface area contributed by atoms with Crippen LogP contribution in [0.3, 0.4) is 0 Å². The van der Waals surface area contributed by atoms with Gasteiger partial charge < -0.3 is 20.0 Å². The molecule has 0 saturated carbocycles. The fourth-order valence-corrected chi connectivity index (χ4v) is 5.05. The van der Waals surface area contributed by atoms with Crippen LogP contribution in [0.5, 0.6) is 0 Å². The molecule has 3 saturated heterocycles. The number of anilines is 1. The maximum absolute atomic E-state index is 14.0. The van der Waals surface area contributed by atoms with Crippen molar-refractivity contribution in [2.45, 2.75) is 26.7 Å². The van der Waals surface area contributed by atoms with Crippen LogP contribution in [-0.4, -0.2) is 71.8 Å². The zero-order valence-corrected chi connectivity index (χ0v) is 17.6. The second-order valence-electron chi connectivity index (χ2n) is 9.02. The van der Waals surface area contributed by atoms with Crippen LogP contribution in [0, 0.1) is 23.1 Å². The largest absolute Gasteiger partial charge is 0.342 e. The molecule has 3 fully saturated rings. The number of benzene rings is 1. The quantitative estimate of drug-likeness (QED) is 0.822. The summed E-state index contributed by atoms with van der Waals surface area (Å²) in [5, 5.41) is 2.63.